The molecule has 2 saturated heterocycles. The first-order chi connectivity index (χ1) is 12.3. The lowest BCUT2D eigenvalue weighted by Crippen LogP contribution is -2.64. The van der Waals surface area contributed by atoms with Crippen molar-refractivity contribution in [2.45, 2.75) is 30.7 Å². The van der Waals surface area contributed by atoms with Crippen molar-refractivity contribution in [3.8, 4) is 0 Å². The van der Waals surface area contributed by atoms with E-state index in [-0.39, 0.29) is 36.7 Å². The lowest BCUT2D eigenvalue weighted by molar-refractivity contribution is -0.159. The molecule has 1 aromatic heterocycles. The Labute approximate surface area is 150 Å². The summed E-state index contributed by atoms with van der Waals surface area (Å²) in [4.78, 5) is 34.5. The molecular formula is C18H22F2N4O2. The van der Waals surface area contributed by atoms with Gasteiger partial charge in [0.1, 0.15) is 0 Å². The predicted molar refractivity (Wildman–Crippen MR) is 90.8 cm³/mol. The molecule has 3 aliphatic rings. The summed E-state index contributed by atoms with van der Waals surface area (Å²) in [5.41, 5.74) is 0.402. The maximum Gasteiger partial charge on any atom is 0.249 e. The summed E-state index contributed by atoms with van der Waals surface area (Å²) in [6.07, 6.45) is 3.36. The highest BCUT2D eigenvalue weighted by Crippen LogP contribution is 2.44. The van der Waals surface area contributed by atoms with Crippen LogP contribution in [0.4, 0.5) is 14.5 Å². The van der Waals surface area contributed by atoms with E-state index in [0.717, 1.165) is 12.1 Å². The summed E-state index contributed by atoms with van der Waals surface area (Å²) >= 11 is 0. The number of carbonyl (C=O) groups excluding carboxylic acids is 2. The molecule has 0 N–H and O–H groups in total. The van der Waals surface area contributed by atoms with Crippen LogP contribution in [0.3, 0.4) is 0 Å². The Morgan fingerprint density at radius 3 is 2.73 bits per heavy atom. The van der Waals surface area contributed by atoms with Crippen LogP contribution in [0, 0.1) is 5.92 Å². The Bertz CT molecular complexity index is 721. The number of amides is 2. The monoisotopic (exact) mass is 364 g/mol. The minimum absolute atomic E-state index is 0.00506. The van der Waals surface area contributed by atoms with Gasteiger partial charge in [0.05, 0.1) is 24.0 Å². The van der Waals surface area contributed by atoms with Crippen LogP contribution in [-0.4, -0.2) is 71.3 Å². The molecule has 1 spiro atoms. The molecule has 2 amide bonds. The number of carbonyl (C=O) groups is 2. The second-order valence-corrected chi connectivity index (χ2v) is 7.74. The van der Waals surface area contributed by atoms with Crippen LogP contribution in [0.5, 0.6) is 0 Å². The SMILES string of the molecule is CN1CC(=O)N(c2cccnc2)CC12CCN(C(=O)C1CC(F)(F)C1)C2. The van der Waals surface area contributed by atoms with Crippen molar-refractivity contribution in [3.63, 3.8) is 0 Å². The van der Waals surface area contributed by atoms with Gasteiger partial charge in [0.2, 0.25) is 17.7 Å². The van der Waals surface area contributed by atoms with Gasteiger partial charge in [-0.1, -0.05) is 0 Å². The second kappa shape index (κ2) is 5.97. The summed E-state index contributed by atoms with van der Waals surface area (Å²) in [5, 5.41) is 0. The van der Waals surface area contributed by atoms with Gasteiger partial charge in [-0.2, -0.15) is 0 Å². The van der Waals surface area contributed by atoms with E-state index in [1.165, 1.54) is 0 Å². The van der Waals surface area contributed by atoms with E-state index in [1.807, 2.05) is 18.0 Å². The highest BCUT2D eigenvalue weighted by molar-refractivity contribution is 5.96. The van der Waals surface area contributed by atoms with Gasteiger partial charge in [0, 0.05) is 44.6 Å². The van der Waals surface area contributed by atoms with Crippen molar-refractivity contribution in [1.82, 2.24) is 14.8 Å². The molecule has 3 fully saturated rings. The number of aromatic nitrogens is 1. The van der Waals surface area contributed by atoms with Crippen LogP contribution in [0.1, 0.15) is 19.3 Å². The van der Waals surface area contributed by atoms with E-state index < -0.39 is 11.8 Å². The number of hydrogen-bond acceptors (Lipinski definition) is 4. The van der Waals surface area contributed by atoms with Crippen molar-refractivity contribution < 1.29 is 18.4 Å². The first-order valence-electron chi connectivity index (χ1n) is 8.88. The fourth-order valence-corrected chi connectivity index (χ4v) is 4.29. The number of rotatable bonds is 2. The maximum absolute atomic E-state index is 13.1. The Balaban J connectivity index is 1.49. The number of hydrogen-bond donors (Lipinski definition) is 0. The fraction of sp³-hybridized carbons (Fsp3) is 0.611. The molecule has 140 valence electrons. The Hall–Kier alpha value is -2.09. The average Bonchev–Trinajstić information content (AvgIpc) is 3.02. The molecule has 0 aromatic carbocycles. The third kappa shape index (κ3) is 2.86. The van der Waals surface area contributed by atoms with Crippen molar-refractivity contribution in [3.05, 3.63) is 24.5 Å². The highest BCUT2D eigenvalue weighted by atomic mass is 19.3. The molecule has 4 rings (SSSR count). The van der Waals surface area contributed by atoms with E-state index in [9.17, 15) is 18.4 Å². The number of piperazine rings is 1. The molecule has 1 atom stereocenters. The van der Waals surface area contributed by atoms with Crippen LogP contribution < -0.4 is 4.90 Å². The Morgan fingerprint density at radius 2 is 2.08 bits per heavy atom. The number of nitrogens with zero attached hydrogens (tertiary/aromatic N) is 4. The van der Waals surface area contributed by atoms with E-state index in [2.05, 4.69) is 4.98 Å². The van der Waals surface area contributed by atoms with Gasteiger partial charge in [0.25, 0.3) is 0 Å². The predicted octanol–water partition coefficient (Wildman–Crippen LogP) is 1.38. The van der Waals surface area contributed by atoms with Gasteiger partial charge < -0.3 is 9.80 Å². The summed E-state index contributed by atoms with van der Waals surface area (Å²) in [7, 11) is 1.89. The van der Waals surface area contributed by atoms with Crippen molar-refractivity contribution in [1.29, 1.82) is 0 Å². The van der Waals surface area contributed by atoms with Gasteiger partial charge in [-0.25, -0.2) is 8.78 Å². The normalized spacial score (nSPS) is 29.3. The number of pyridine rings is 1. The largest absolute Gasteiger partial charge is 0.340 e. The minimum atomic E-state index is -2.69. The van der Waals surface area contributed by atoms with Gasteiger partial charge in [0.15, 0.2) is 0 Å². The molecule has 0 bridgehead atoms. The fourth-order valence-electron chi connectivity index (χ4n) is 4.29. The topological polar surface area (TPSA) is 56.8 Å². The molecule has 8 heteroatoms. The van der Waals surface area contributed by atoms with Crippen LogP contribution in [-0.2, 0) is 9.59 Å². The number of halogens is 2. The van der Waals surface area contributed by atoms with E-state index in [4.69, 9.17) is 0 Å². The molecule has 1 aromatic rings. The Kier molecular flexibility index (Phi) is 3.98. The first-order valence-corrected chi connectivity index (χ1v) is 8.88. The molecule has 2 aliphatic heterocycles. The van der Waals surface area contributed by atoms with Gasteiger partial charge in [-0.05, 0) is 25.6 Å². The molecule has 26 heavy (non-hydrogen) atoms. The first kappa shape index (κ1) is 17.3. The van der Waals surface area contributed by atoms with E-state index in [1.54, 1.807) is 28.3 Å². The van der Waals surface area contributed by atoms with Gasteiger partial charge in [-0.3, -0.25) is 19.5 Å². The molecule has 1 unspecified atom stereocenters. The summed E-state index contributed by atoms with van der Waals surface area (Å²) in [6, 6.07) is 3.63. The van der Waals surface area contributed by atoms with Crippen molar-refractivity contribution in [2.75, 3.05) is 38.1 Å². The number of likely N-dealkylation sites (tertiary alicyclic amines) is 1. The number of alkyl halides is 2. The lowest BCUT2D eigenvalue weighted by atomic mass is 9.80. The van der Waals surface area contributed by atoms with Crippen molar-refractivity contribution >= 4 is 17.5 Å². The molecule has 3 heterocycles. The number of anilines is 1. The quantitative estimate of drug-likeness (QED) is 0.796. The van der Waals surface area contributed by atoms with E-state index >= 15 is 0 Å². The summed E-state index contributed by atoms with van der Waals surface area (Å²) in [6.45, 7) is 1.74. The molecular weight excluding hydrogens is 342 g/mol. The molecule has 6 nitrogen and oxygen atoms in total. The highest BCUT2D eigenvalue weighted by Gasteiger charge is 2.53. The van der Waals surface area contributed by atoms with Gasteiger partial charge in [-0.15, -0.1) is 0 Å². The summed E-state index contributed by atoms with van der Waals surface area (Å²) < 4.78 is 26.2. The maximum atomic E-state index is 13.1. The summed E-state index contributed by atoms with van der Waals surface area (Å²) in [5.74, 6) is -3.44. The molecule has 1 aliphatic carbocycles. The average molecular weight is 364 g/mol. The zero-order valence-electron chi connectivity index (χ0n) is 14.7. The zero-order valence-corrected chi connectivity index (χ0v) is 14.7. The standard InChI is InChI=1S/C18H22F2N4O2/c1-22-10-15(25)24(14-3-2-5-21-9-14)12-17(22)4-6-23(11-17)16(26)13-7-18(19,20)8-13/h2-3,5,9,13H,4,6-8,10-12H2,1H3. The lowest BCUT2D eigenvalue weighted by Gasteiger charge is -2.47. The smallest absolute Gasteiger partial charge is 0.249 e. The minimum Gasteiger partial charge on any atom is -0.340 e. The van der Waals surface area contributed by atoms with Crippen LogP contribution in [0.2, 0.25) is 0 Å². The third-order valence-corrected chi connectivity index (χ3v) is 5.98. The van der Waals surface area contributed by atoms with Crippen LogP contribution >= 0.6 is 0 Å². The number of likely N-dealkylation sites (N-methyl/N-ethyl adjacent to an activating group) is 1. The van der Waals surface area contributed by atoms with Crippen molar-refractivity contribution in [2.24, 2.45) is 5.92 Å². The zero-order chi connectivity index (χ0) is 18.5. The third-order valence-electron chi connectivity index (χ3n) is 5.98. The van der Waals surface area contributed by atoms with Gasteiger partial charge >= 0.3 is 0 Å². The van der Waals surface area contributed by atoms with E-state index in [0.29, 0.717) is 19.6 Å². The molecule has 0 radical (unpaired) electrons. The second-order valence-electron chi connectivity index (χ2n) is 7.74. The Morgan fingerprint density at radius 1 is 1.31 bits per heavy atom. The van der Waals surface area contributed by atoms with Crippen LogP contribution in [0.15, 0.2) is 24.5 Å². The van der Waals surface area contributed by atoms with Crippen LogP contribution in [0.25, 0.3) is 0 Å². The molecule has 1 saturated carbocycles.